The monoisotopic (exact) mass is 185 g/mol. The van der Waals surface area contributed by atoms with Crippen molar-refractivity contribution >= 4 is 5.97 Å². The number of nitrogens with zero attached hydrogens (tertiary/aromatic N) is 1. The molecule has 0 bridgehead atoms. The SMILES string of the molecule is CC(C)COC(=O)C[C@H](O)CC#N. The zero-order valence-electron chi connectivity index (χ0n) is 7.99. The first kappa shape index (κ1) is 11.9. The lowest BCUT2D eigenvalue weighted by molar-refractivity contribution is -0.146. The van der Waals surface area contributed by atoms with Gasteiger partial charge < -0.3 is 9.84 Å². The van der Waals surface area contributed by atoms with Crippen molar-refractivity contribution in [2.45, 2.75) is 32.8 Å². The van der Waals surface area contributed by atoms with Crippen molar-refractivity contribution < 1.29 is 14.6 Å². The van der Waals surface area contributed by atoms with Crippen molar-refractivity contribution in [3.63, 3.8) is 0 Å². The molecular weight excluding hydrogens is 170 g/mol. The molecule has 0 rings (SSSR count). The van der Waals surface area contributed by atoms with Gasteiger partial charge in [-0.25, -0.2) is 0 Å². The topological polar surface area (TPSA) is 70.3 Å². The third kappa shape index (κ3) is 7.29. The van der Waals surface area contributed by atoms with Crippen LogP contribution >= 0.6 is 0 Å². The summed E-state index contributed by atoms with van der Waals surface area (Å²) >= 11 is 0. The summed E-state index contributed by atoms with van der Waals surface area (Å²) in [6, 6.07) is 1.78. The molecule has 1 N–H and O–H groups in total. The smallest absolute Gasteiger partial charge is 0.308 e. The molecular formula is C9H15NO3. The summed E-state index contributed by atoms with van der Waals surface area (Å²) < 4.78 is 4.81. The second-order valence-electron chi connectivity index (χ2n) is 3.30. The van der Waals surface area contributed by atoms with E-state index in [1.807, 2.05) is 13.8 Å². The highest BCUT2D eigenvalue weighted by Gasteiger charge is 2.11. The molecule has 0 spiro atoms. The number of esters is 1. The van der Waals surface area contributed by atoms with E-state index in [2.05, 4.69) is 0 Å². The fourth-order valence-electron chi connectivity index (χ4n) is 0.688. The van der Waals surface area contributed by atoms with E-state index in [0.717, 1.165) is 0 Å². The third-order valence-electron chi connectivity index (χ3n) is 1.31. The van der Waals surface area contributed by atoms with E-state index in [0.29, 0.717) is 6.61 Å². The lowest BCUT2D eigenvalue weighted by atomic mass is 10.2. The van der Waals surface area contributed by atoms with Gasteiger partial charge >= 0.3 is 5.97 Å². The number of carbonyl (C=O) groups is 1. The maximum Gasteiger partial charge on any atom is 0.308 e. The molecule has 0 aliphatic heterocycles. The first-order valence-electron chi connectivity index (χ1n) is 4.27. The number of hydrogen-bond acceptors (Lipinski definition) is 4. The van der Waals surface area contributed by atoms with Crippen molar-refractivity contribution in [1.29, 1.82) is 5.26 Å². The Kier molecular flexibility index (Phi) is 5.90. The highest BCUT2D eigenvalue weighted by Crippen LogP contribution is 2.00. The summed E-state index contributed by atoms with van der Waals surface area (Å²) in [5.41, 5.74) is 0. The molecule has 0 unspecified atom stereocenters. The lowest BCUT2D eigenvalue weighted by Gasteiger charge is -2.08. The van der Waals surface area contributed by atoms with Crippen LogP contribution in [-0.4, -0.2) is 23.8 Å². The number of nitriles is 1. The summed E-state index contributed by atoms with van der Waals surface area (Å²) in [5.74, 6) is -0.159. The van der Waals surface area contributed by atoms with Crippen molar-refractivity contribution in [1.82, 2.24) is 0 Å². The third-order valence-corrected chi connectivity index (χ3v) is 1.31. The van der Waals surface area contributed by atoms with Crippen LogP contribution in [0.1, 0.15) is 26.7 Å². The van der Waals surface area contributed by atoms with Crippen molar-refractivity contribution in [3.8, 4) is 6.07 Å². The molecule has 1 atom stereocenters. The minimum atomic E-state index is -0.898. The Morgan fingerprint density at radius 1 is 1.62 bits per heavy atom. The van der Waals surface area contributed by atoms with Gasteiger partial charge in [0.25, 0.3) is 0 Å². The highest BCUT2D eigenvalue weighted by molar-refractivity contribution is 5.69. The molecule has 13 heavy (non-hydrogen) atoms. The van der Waals surface area contributed by atoms with Crippen LogP contribution in [0.2, 0.25) is 0 Å². The van der Waals surface area contributed by atoms with Gasteiger partial charge in [0.05, 0.1) is 31.6 Å². The van der Waals surface area contributed by atoms with Crippen molar-refractivity contribution in [3.05, 3.63) is 0 Å². The zero-order chi connectivity index (χ0) is 10.3. The molecule has 0 fully saturated rings. The minimum Gasteiger partial charge on any atom is -0.465 e. The van der Waals surface area contributed by atoms with Gasteiger partial charge in [-0.2, -0.15) is 5.26 Å². The Hall–Kier alpha value is -1.08. The van der Waals surface area contributed by atoms with E-state index < -0.39 is 12.1 Å². The molecule has 0 radical (unpaired) electrons. The van der Waals surface area contributed by atoms with Gasteiger partial charge in [0, 0.05) is 0 Å². The summed E-state index contributed by atoms with van der Waals surface area (Å²) in [6.45, 7) is 4.22. The molecule has 0 amide bonds. The maximum atomic E-state index is 10.9. The summed E-state index contributed by atoms with van der Waals surface area (Å²) in [6.07, 6.45) is -1.03. The van der Waals surface area contributed by atoms with Crippen LogP contribution in [0, 0.1) is 17.2 Å². The van der Waals surface area contributed by atoms with Crippen LogP contribution in [0.5, 0.6) is 0 Å². The fourth-order valence-corrected chi connectivity index (χ4v) is 0.688. The van der Waals surface area contributed by atoms with E-state index in [9.17, 15) is 4.79 Å². The van der Waals surface area contributed by atoms with Gasteiger partial charge in [-0.05, 0) is 5.92 Å². The average molecular weight is 185 g/mol. The van der Waals surface area contributed by atoms with Crippen molar-refractivity contribution in [2.75, 3.05) is 6.61 Å². The van der Waals surface area contributed by atoms with Crippen LogP contribution in [-0.2, 0) is 9.53 Å². The van der Waals surface area contributed by atoms with E-state index in [4.69, 9.17) is 15.1 Å². The molecule has 74 valence electrons. The molecule has 0 aromatic rings. The molecule has 4 heteroatoms. The molecule has 4 nitrogen and oxygen atoms in total. The molecule has 0 saturated carbocycles. The Labute approximate surface area is 78.1 Å². The second kappa shape index (κ2) is 6.44. The van der Waals surface area contributed by atoms with E-state index in [-0.39, 0.29) is 18.8 Å². The van der Waals surface area contributed by atoms with Gasteiger partial charge in [-0.1, -0.05) is 13.8 Å². The van der Waals surface area contributed by atoms with E-state index in [1.54, 1.807) is 6.07 Å². The van der Waals surface area contributed by atoms with Crippen molar-refractivity contribution in [2.24, 2.45) is 5.92 Å². The molecule has 0 heterocycles. The summed E-state index contributed by atoms with van der Waals surface area (Å²) in [7, 11) is 0. The number of carbonyl (C=O) groups excluding carboxylic acids is 1. The number of rotatable bonds is 5. The molecule has 0 aromatic carbocycles. The predicted molar refractivity (Wildman–Crippen MR) is 46.7 cm³/mol. The standard InChI is InChI=1S/C9H15NO3/c1-7(2)6-13-9(12)5-8(11)3-4-10/h7-8,11H,3,5-6H2,1-2H3/t8-/m1/s1. The second-order valence-corrected chi connectivity index (χ2v) is 3.30. The Morgan fingerprint density at radius 2 is 2.23 bits per heavy atom. The van der Waals surface area contributed by atoms with Crippen LogP contribution in [0.3, 0.4) is 0 Å². The number of aliphatic hydroxyl groups excluding tert-OH is 1. The predicted octanol–water partition coefficient (Wildman–Crippen LogP) is 0.850. The molecule has 0 aliphatic carbocycles. The van der Waals surface area contributed by atoms with Crippen LogP contribution in [0.15, 0.2) is 0 Å². The molecule has 0 aliphatic rings. The van der Waals surface area contributed by atoms with Gasteiger partial charge in [-0.3, -0.25) is 4.79 Å². The average Bonchev–Trinajstić information content (AvgIpc) is 2.01. The van der Waals surface area contributed by atoms with Crippen LogP contribution in [0.4, 0.5) is 0 Å². The van der Waals surface area contributed by atoms with Gasteiger partial charge in [0.1, 0.15) is 0 Å². The molecule has 0 saturated heterocycles. The van der Waals surface area contributed by atoms with Gasteiger partial charge in [0.15, 0.2) is 0 Å². The minimum absolute atomic E-state index is 0.0310. The first-order valence-corrected chi connectivity index (χ1v) is 4.27. The number of aliphatic hydroxyl groups is 1. The Bertz CT molecular complexity index is 196. The van der Waals surface area contributed by atoms with E-state index >= 15 is 0 Å². The quantitative estimate of drug-likeness (QED) is 0.644. The summed E-state index contributed by atoms with van der Waals surface area (Å²) in [4.78, 5) is 10.9. The number of hydrogen-bond donors (Lipinski definition) is 1. The largest absolute Gasteiger partial charge is 0.465 e. The normalized spacial score (nSPS) is 12.2. The van der Waals surface area contributed by atoms with E-state index in [1.165, 1.54) is 0 Å². The van der Waals surface area contributed by atoms with Gasteiger partial charge in [-0.15, -0.1) is 0 Å². The lowest BCUT2D eigenvalue weighted by Crippen LogP contribution is -2.17. The fraction of sp³-hybridized carbons (Fsp3) is 0.778. The van der Waals surface area contributed by atoms with Crippen LogP contribution in [0.25, 0.3) is 0 Å². The first-order chi connectivity index (χ1) is 6.06. The van der Waals surface area contributed by atoms with Gasteiger partial charge in [0.2, 0.25) is 0 Å². The number of ether oxygens (including phenoxy) is 1. The summed E-state index contributed by atoms with van der Waals surface area (Å²) in [5, 5.41) is 17.3. The van der Waals surface area contributed by atoms with Crippen LogP contribution < -0.4 is 0 Å². The Balaban J connectivity index is 3.57. The Morgan fingerprint density at radius 3 is 2.69 bits per heavy atom. The maximum absolute atomic E-state index is 10.9. The highest BCUT2D eigenvalue weighted by atomic mass is 16.5. The molecule has 0 aromatic heterocycles. The zero-order valence-corrected chi connectivity index (χ0v) is 7.99.